The molecule has 3 rings (SSSR count). The molecule has 0 saturated heterocycles. The Bertz CT molecular complexity index is 1100. The molecule has 1 atom stereocenters. The van der Waals surface area contributed by atoms with Crippen LogP contribution in [0, 0.1) is 5.92 Å². The maximum Gasteiger partial charge on any atom is 0.266 e. The van der Waals surface area contributed by atoms with Crippen LogP contribution >= 0.6 is 0 Å². The summed E-state index contributed by atoms with van der Waals surface area (Å²) in [5.74, 6) is 0.994. The topological polar surface area (TPSA) is 64.4 Å². The van der Waals surface area contributed by atoms with E-state index in [1.807, 2.05) is 77.1 Å². The lowest BCUT2D eigenvalue weighted by molar-refractivity contribution is -0.136. The molecule has 0 radical (unpaired) electrons. The average Bonchev–Trinajstić information content (AvgIpc) is 2.75. The number of rotatable bonds is 7. The lowest BCUT2D eigenvalue weighted by Crippen LogP contribution is -2.39. The Kier molecular flexibility index (Phi) is 6.55. The normalized spacial score (nSPS) is 12.2. The van der Waals surface area contributed by atoms with Gasteiger partial charge in [-0.05, 0) is 45.0 Å². The van der Waals surface area contributed by atoms with Crippen molar-refractivity contribution in [2.24, 2.45) is 5.92 Å². The van der Waals surface area contributed by atoms with Crippen LogP contribution in [-0.4, -0.2) is 33.5 Å². The monoisotopic (exact) mass is 407 g/mol. The number of amides is 1. The van der Waals surface area contributed by atoms with Gasteiger partial charge in [-0.25, -0.2) is 4.98 Å². The molecule has 6 nitrogen and oxygen atoms in total. The van der Waals surface area contributed by atoms with E-state index in [2.05, 4.69) is 0 Å². The van der Waals surface area contributed by atoms with Gasteiger partial charge in [0.05, 0.1) is 29.2 Å². The first kappa shape index (κ1) is 21.6. The lowest BCUT2D eigenvalue weighted by atomic mass is 10.1. The van der Waals surface area contributed by atoms with Gasteiger partial charge in [0.25, 0.3) is 5.56 Å². The van der Waals surface area contributed by atoms with Crippen LogP contribution in [0.5, 0.6) is 5.75 Å². The second-order valence-electron chi connectivity index (χ2n) is 7.48. The van der Waals surface area contributed by atoms with E-state index in [0.717, 1.165) is 0 Å². The summed E-state index contributed by atoms with van der Waals surface area (Å²) in [6.45, 7) is 10.5. The molecule has 1 unspecified atom stereocenters. The van der Waals surface area contributed by atoms with Crippen molar-refractivity contribution >= 4 is 16.8 Å². The van der Waals surface area contributed by atoms with Crippen molar-refractivity contribution in [2.75, 3.05) is 13.2 Å². The van der Waals surface area contributed by atoms with Crippen molar-refractivity contribution in [1.29, 1.82) is 0 Å². The summed E-state index contributed by atoms with van der Waals surface area (Å²) in [4.78, 5) is 33.0. The summed E-state index contributed by atoms with van der Waals surface area (Å²) in [7, 11) is 0. The Labute approximate surface area is 177 Å². The summed E-state index contributed by atoms with van der Waals surface area (Å²) < 4.78 is 7.39. The van der Waals surface area contributed by atoms with E-state index in [-0.39, 0.29) is 17.4 Å². The number of hydrogen-bond donors (Lipinski definition) is 0. The smallest absolute Gasteiger partial charge is 0.266 e. The fourth-order valence-electron chi connectivity index (χ4n) is 3.67. The fourth-order valence-corrected chi connectivity index (χ4v) is 3.67. The minimum absolute atomic E-state index is 0.0250. The van der Waals surface area contributed by atoms with Gasteiger partial charge in [-0.1, -0.05) is 38.1 Å². The third kappa shape index (κ3) is 3.95. The number of benzene rings is 2. The molecule has 158 valence electrons. The molecule has 1 aromatic heterocycles. The molecule has 30 heavy (non-hydrogen) atoms. The largest absolute Gasteiger partial charge is 0.492 e. The molecule has 0 saturated carbocycles. The predicted octanol–water partition coefficient (Wildman–Crippen LogP) is 4.35. The van der Waals surface area contributed by atoms with Gasteiger partial charge in [0.1, 0.15) is 11.6 Å². The third-order valence-corrected chi connectivity index (χ3v) is 5.17. The molecule has 6 heteroatoms. The molecule has 0 spiro atoms. The number of fused-ring (bicyclic) bond motifs is 1. The molecule has 0 aliphatic heterocycles. The van der Waals surface area contributed by atoms with E-state index >= 15 is 0 Å². The van der Waals surface area contributed by atoms with Crippen LogP contribution in [0.3, 0.4) is 0 Å². The van der Waals surface area contributed by atoms with Gasteiger partial charge >= 0.3 is 0 Å². The van der Waals surface area contributed by atoms with Crippen molar-refractivity contribution in [2.45, 2.75) is 40.7 Å². The maximum absolute atomic E-state index is 13.6. The van der Waals surface area contributed by atoms with Crippen molar-refractivity contribution in [3.05, 3.63) is 64.7 Å². The van der Waals surface area contributed by atoms with Crippen LogP contribution in [0.25, 0.3) is 16.6 Å². The first-order chi connectivity index (χ1) is 14.4. The van der Waals surface area contributed by atoms with Gasteiger partial charge in [-0.3, -0.25) is 14.2 Å². The zero-order chi connectivity index (χ0) is 21.8. The van der Waals surface area contributed by atoms with Crippen LogP contribution in [-0.2, 0) is 4.79 Å². The lowest BCUT2D eigenvalue weighted by Gasteiger charge is -2.31. The Balaban J connectivity index is 2.32. The molecule has 1 heterocycles. The minimum atomic E-state index is -0.392. The Hall–Kier alpha value is -3.15. The van der Waals surface area contributed by atoms with Gasteiger partial charge in [0.15, 0.2) is 0 Å². The first-order valence-electron chi connectivity index (χ1n) is 10.4. The Morgan fingerprint density at radius 1 is 1.07 bits per heavy atom. The number of hydrogen-bond acceptors (Lipinski definition) is 4. The number of aromatic nitrogens is 2. The summed E-state index contributed by atoms with van der Waals surface area (Å²) in [5.41, 5.74) is 1.06. The van der Waals surface area contributed by atoms with Gasteiger partial charge in [-0.15, -0.1) is 0 Å². The zero-order valence-electron chi connectivity index (χ0n) is 18.3. The molecular formula is C24H29N3O3. The molecule has 0 aliphatic rings. The average molecular weight is 408 g/mol. The molecule has 0 N–H and O–H groups in total. The first-order valence-corrected chi connectivity index (χ1v) is 10.4. The van der Waals surface area contributed by atoms with Crippen molar-refractivity contribution < 1.29 is 9.53 Å². The number of nitrogens with zero attached hydrogens (tertiary/aromatic N) is 3. The molecular weight excluding hydrogens is 378 g/mol. The van der Waals surface area contributed by atoms with Crippen LogP contribution in [0.2, 0.25) is 0 Å². The highest BCUT2D eigenvalue weighted by Crippen LogP contribution is 2.28. The molecule has 1 amide bonds. The van der Waals surface area contributed by atoms with Crippen LogP contribution < -0.4 is 10.3 Å². The molecule has 2 aromatic carbocycles. The quantitative estimate of drug-likeness (QED) is 0.584. The number of ether oxygens (including phenoxy) is 1. The maximum atomic E-state index is 13.6. The summed E-state index contributed by atoms with van der Waals surface area (Å²) in [6.07, 6.45) is 0. The highest BCUT2D eigenvalue weighted by atomic mass is 16.5. The van der Waals surface area contributed by atoms with E-state index in [9.17, 15) is 9.59 Å². The molecule has 0 bridgehead atoms. The second-order valence-corrected chi connectivity index (χ2v) is 7.48. The van der Waals surface area contributed by atoms with E-state index in [1.165, 1.54) is 0 Å². The van der Waals surface area contributed by atoms with Gasteiger partial charge in [-0.2, -0.15) is 0 Å². The van der Waals surface area contributed by atoms with Crippen molar-refractivity contribution in [3.8, 4) is 11.4 Å². The highest BCUT2D eigenvalue weighted by Gasteiger charge is 2.27. The van der Waals surface area contributed by atoms with E-state index in [4.69, 9.17) is 9.72 Å². The van der Waals surface area contributed by atoms with Gasteiger partial charge in [0, 0.05) is 12.5 Å². The van der Waals surface area contributed by atoms with Crippen molar-refractivity contribution in [3.63, 3.8) is 0 Å². The standard InChI is InChI=1S/C24H29N3O3/c1-6-26(23(28)16(3)4)17(5)22-25-19-13-9-8-12-18(19)24(29)27(22)20-14-10-11-15-21(20)30-7-2/h8-17H,6-7H2,1-5H3. The van der Waals surface area contributed by atoms with E-state index in [1.54, 1.807) is 15.5 Å². The predicted molar refractivity (Wildman–Crippen MR) is 119 cm³/mol. The SMILES string of the molecule is CCOc1ccccc1-n1c(C(C)N(CC)C(=O)C(C)C)nc2ccccc2c1=O. The highest BCUT2D eigenvalue weighted by molar-refractivity contribution is 5.80. The second kappa shape index (κ2) is 9.11. The van der Waals surface area contributed by atoms with E-state index < -0.39 is 6.04 Å². The van der Waals surface area contributed by atoms with E-state index in [0.29, 0.717) is 41.3 Å². The third-order valence-electron chi connectivity index (χ3n) is 5.17. The Morgan fingerprint density at radius 3 is 2.40 bits per heavy atom. The zero-order valence-corrected chi connectivity index (χ0v) is 18.3. The van der Waals surface area contributed by atoms with Crippen LogP contribution in [0.15, 0.2) is 53.3 Å². The van der Waals surface area contributed by atoms with Crippen LogP contribution in [0.1, 0.15) is 46.5 Å². The summed E-state index contributed by atoms with van der Waals surface area (Å²) in [6, 6.07) is 14.3. The Morgan fingerprint density at radius 2 is 1.73 bits per heavy atom. The molecule has 0 fully saturated rings. The van der Waals surface area contributed by atoms with Crippen molar-refractivity contribution in [1.82, 2.24) is 14.5 Å². The minimum Gasteiger partial charge on any atom is -0.492 e. The molecule has 3 aromatic rings. The van der Waals surface area contributed by atoms with Gasteiger partial charge < -0.3 is 9.64 Å². The number of para-hydroxylation sites is 3. The molecule has 0 aliphatic carbocycles. The van der Waals surface area contributed by atoms with Gasteiger partial charge in [0.2, 0.25) is 5.91 Å². The summed E-state index contributed by atoms with van der Waals surface area (Å²) >= 11 is 0. The fraction of sp³-hybridized carbons (Fsp3) is 0.375. The number of carbonyl (C=O) groups excluding carboxylic acids is 1. The summed E-state index contributed by atoms with van der Waals surface area (Å²) in [5, 5.41) is 0.526. The number of carbonyl (C=O) groups is 1. The van der Waals surface area contributed by atoms with Crippen LogP contribution in [0.4, 0.5) is 0 Å².